The molecular weight excluding hydrogens is 1050 g/mol. The summed E-state index contributed by atoms with van der Waals surface area (Å²) < 4.78 is 30.3. The van der Waals surface area contributed by atoms with Crippen LogP contribution >= 0.6 is 7.82 Å². The zero-order valence-electron chi connectivity index (χ0n) is 53.8. The van der Waals surface area contributed by atoms with E-state index >= 15 is 0 Å². The number of carbonyl (C=O) groups excluding carboxylic acids is 2. The lowest BCUT2D eigenvalue weighted by molar-refractivity contribution is -0.870. The molecule has 83 heavy (non-hydrogen) atoms. The van der Waals surface area contributed by atoms with Gasteiger partial charge in [0, 0.05) is 12.8 Å². The number of allylic oxidation sites excluding steroid dienone is 23. The number of amides is 1. The number of phosphoric ester groups is 1. The van der Waals surface area contributed by atoms with Crippen LogP contribution in [0.3, 0.4) is 0 Å². The number of rotatable bonds is 58. The van der Waals surface area contributed by atoms with Crippen LogP contribution in [-0.2, 0) is 27.9 Å². The third kappa shape index (κ3) is 62.2. The lowest BCUT2D eigenvalue weighted by atomic mass is 10.0. The first-order valence-electron chi connectivity index (χ1n) is 33.1. The monoisotopic (exact) mass is 1170 g/mol. The molecular formula is C73H123N2O7P. The number of nitrogens with one attached hydrogen (secondary N) is 1. The molecule has 0 saturated heterocycles. The number of nitrogens with zero attached hydrogens (tertiary/aromatic N) is 1. The summed E-state index contributed by atoms with van der Waals surface area (Å²) >= 11 is 0. The van der Waals surface area contributed by atoms with Gasteiger partial charge in [0.05, 0.1) is 33.8 Å². The molecule has 1 amide bonds. The summed E-state index contributed by atoms with van der Waals surface area (Å²) in [6.07, 6.45) is 88.3. The van der Waals surface area contributed by atoms with Gasteiger partial charge in [-0.2, -0.15) is 0 Å². The number of carbonyl (C=O) groups is 2. The molecule has 0 radical (unpaired) electrons. The molecule has 1 N–H and O–H groups in total. The van der Waals surface area contributed by atoms with Crippen molar-refractivity contribution < 1.29 is 37.3 Å². The molecule has 3 unspecified atom stereocenters. The van der Waals surface area contributed by atoms with E-state index in [2.05, 4.69) is 148 Å². The van der Waals surface area contributed by atoms with E-state index in [0.29, 0.717) is 23.9 Å². The lowest BCUT2D eigenvalue weighted by Gasteiger charge is -2.30. The Kier molecular flexibility index (Phi) is 58.0. The average molecular weight is 1170 g/mol. The standard InChI is InChI=1S/C73H123N2O7P/c1-7-10-13-16-19-22-25-28-30-32-34-35-36-37-38-39-41-42-44-47-50-53-56-59-62-65-72(76)74-70(69-81-83(78,79)80-68-67-75(4,5)6)71(64-61-58-55-52-49-46-27-24-21-18-15-12-9-3)82-73(77)66-63-60-57-54-51-48-45-43-40-33-31-29-26-23-20-17-14-11-8-2/h10-11,13-14,19-20,22-23,28-31,34-35,37-38,40,43,48,51,57,60-61,64,70-71H,7-9,12,15-18,21,24-27,32-33,36,39,41-42,44-47,49-50,52-56,58-59,62-63,65-69H2,1-6H3,(H-,74,76,78,79)/b13-10-,14-11-,22-19-,23-20-,30-28-,31-29-,35-34-,38-37-,43-40-,51-48-,60-57-,64-61-. The molecule has 0 aromatic carbocycles. The quantitative estimate of drug-likeness (QED) is 0.0212. The van der Waals surface area contributed by atoms with Crippen molar-refractivity contribution in [1.82, 2.24) is 5.32 Å². The second-order valence-electron chi connectivity index (χ2n) is 22.9. The van der Waals surface area contributed by atoms with Crippen LogP contribution in [0.1, 0.15) is 252 Å². The zero-order valence-corrected chi connectivity index (χ0v) is 54.7. The Morgan fingerprint density at radius 1 is 0.434 bits per heavy atom. The van der Waals surface area contributed by atoms with E-state index in [4.69, 9.17) is 13.8 Å². The van der Waals surface area contributed by atoms with Crippen molar-refractivity contribution >= 4 is 19.7 Å². The van der Waals surface area contributed by atoms with E-state index < -0.39 is 32.5 Å². The van der Waals surface area contributed by atoms with Crippen LogP contribution in [0.5, 0.6) is 0 Å². The summed E-state index contributed by atoms with van der Waals surface area (Å²) in [5.41, 5.74) is 0. The second kappa shape index (κ2) is 61.0. The van der Waals surface area contributed by atoms with Crippen LogP contribution in [0.2, 0.25) is 0 Å². The molecule has 0 saturated carbocycles. The van der Waals surface area contributed by atoms with Crippen LogP contribution in [0, 0.1) is 0 Å². The maximum absolute atomic E-state index is 13.6. The van der Waals surface area contributed by atoms with Crippen molar-refractivity contribution in [3.05, 3.63) is 146 Å². The summed E-state index contributed by atoms with van der Waals surface area (Å²) in [6, 6.07) is -0.934. The summed E-state index contributed by atoms with van der Waals surface area (Å²) in [6.45, 7) is 6.55. The van der Waals surface area contributed by atoms with E-state index in [1.807, 2.05) is 39.4 Å². The smallest absolute Gasteiger partial charge is 0.306 e. The van der Waals surface area contributed by atoms with Crippen molar-refractivity contribution in [3.63, 3.8) is 0 Å². The minimum absolute atomic E-state index is 0.0427. The summed E-state index contributed by atoms with van der Waals surface area (Å²) in [4.78, 5) is 40.1. The predicted molar refractivity (Wildman–Crippen MR) is 357 cm³/mol. The van der Waals surface area contributed by atoms with Crippen LogP contribution in [0.15, 0.2) is 146 Å². The molecule has 0 fully saturated rings. The molecule has 10 heteroatoms. The highest BCUT2D eigenvalue weighted by Crippen LogP contribution is 2.38. The largest absolute Gasteiger partial charge is 0.756 e. The Labute approximate surface area is 510 Å². The van der Waals surface area contributed by atoms with Crippen LogP contribution in [0.25, 0.3) is 0 Å². The van der Waals surface area contributed by atoms with E-state index in [9.17, 15) is 19.0 Å². The minimum atomic E-state index is -4.73. The van der Waals surface area contributed by atoms with Gasteiger partial charge < -0.3 is 28.5 Å². The van der Waals surface area contributed by atoms with Gasteiger partial charge in [-0.1, -0.05) is 270 Å². The Morgan fingerprint density at radius 2 is 0.783 bits per heavy atom. The summed E-state index contributed by atoms with van der Waals surface area (Å²) in [5, 5.41) is 3.01. The molecule has 0 aliphatic carbocycles. The maximum Gasteiger partial charge on any atom is 0.306 e. The normalized spacial score (nSPS) is 14.5. The molecule has 9 nitrogen and oxygen atoms in total. The van der Waals surface area contributed by atoms with E-state index in [1.54, 1.807) is 6.08 Å². The highest BCUT2D eigenvalue weighted by atomic mass is 31.2. The summed E-state index contributed by atoms with van der Waals surface area (Å²) in [7, 11) is 1.12. The van der Waals surface area contributed by atoms with Gasteiger partial charge in [-0.3, -0.25) is 14.2 Å². The fourth-order valence-corrected chi connectivity index (χ4v) is 9.47. The van der Waals surface area contributed by atoms with Gasteiger partial charge in [-0.15, -0.1) is 0 Å². The van der Waals surface area contributed by atoms with Crippen LogP contribution < -0.4 is 10.2 Å². The molecule has 0 aliphatic heterocycles. The van der Waals surface area contributed by atoms with Crippen LogP contribution in [-0.4, -0.2) is 69.4 Å². The number of hydrogen-bond donors (Lipinski definition) is 1. The molecule has 0 spiro atoms. The number of quaternary nitrogens is 1. The van der Waals surface area contributed by atoms with Gasteiger partial charge >= 0.3 is 5.97 Å². The highest BCUT2D eigenvalue weighted by molar-refractivity contribution is 7.45. The highest BCUT2D eigenvalue weighted by Gasteiger charge is 2.27. The fraction of sp³-hybridized carbons (Fsp3) is 0.644. The van der Waals surface area contributed by atoms with Crippen molar-refractivity contribution in [2.45, 2.75) is 264 Å². The number of likely N-dealkylation sites (N-methyl/N-ethyl adjacent to an activating group) is 1. The molecule has 0 heterocycles. The molecule has 0 bridgehead atoms. The van der Waals surface area contributed by atoms with Crippen molar-refractivity contribution in [2.75, 3.05) is 40.9 Å². The van der Waals surface area contributed by atoms with Gasteiger partial charge in [0.15, 0.2) is 0 Å². The average Bonchev–Trinajstić information content (AvgIpc) is 3.46. The predicted octanol–water partition coefficient (Wildman–Crippen LogP) is 20.4. The number of esters is 1. The Bertz CT molecular complexity index is 1930. The second-order valence-corrected chi connectivity index (χ2v) is 24.3. The Balaban J connectivity index is 5.30. The van der Waals surface area contributed by atoms with E-state index in [1.165, 1.54) is 89.9 Å². The number of phosphoric acid groups is 1. The van der Waals surface area contributed by atoms with Crippen molar-refractivity contribution in [1.29, 1.82) is 0 Å². The van der Waals surface area contributed by atoms with Gasteiger partial charge in [-0.25, -0.2) is 0 Å². The van der Waals surface area contributed by atoms with Crippen molar-refractivity contribution in [3.8, 4) is 0 Å². The van der Waals surface area contributed by atoms with Gasteiger partial charge in [0.1, 0.15) is 19.3 Å². The molecule has 0 rings (SSSR count). The zero-order chi connectivity index (χ0) is 60.7. The number of hydrogen-bond acceptors (Lipinski definition) is 7. The SMILES string of the molecule is CC/C=C\C/C=C\C/C=C\C/C=C\C/C=C\C/C=C\CCC(=O)OC(/C=C\CCCCCCCCCCCCC)C(COP(=O)([O-])OCC[N+](C)(C)C)NC(=O)CCCCCCCCCCC/C=C\C/C=C\C/C=C\C/C=C\C/C=C\CC. The van der Waals surface area contributed by atoms with Gasteiger partial charge in [0.25, 0.3) is 7.82 Å². The van der Waals surface area contributed by atoms with Gasteiger partial charge in [-0.05, 0) is 115 Å². The molecule has 0 aliphatic rings. The third-order valence-electron chi connectivity index (χ3n) is 13.8. The minimum Gasteiger partial charge on any atom is -0.756 e. The lowest BCUT2D eigenvalue weighted by Crippen LogP contribution is -2.47. The molecule has 0 aromatic rings. The first-order chi connectivity index (χ1) is 40.4. The topological polar surface area (TPSA) is 114 Å². The molecule has 472 valence electrons. The molecule has 3 atom stereocenters. The first kappa shape index (κ1) is 78.9. The Hall–Kier alpha value is -4.11. The van der Waals surface area contributed by atoms with Crippen LogP contribution in [0.4, 0.5) is 0 Å². The Morgan fingerprint density at radius 3 is 1.18 bits per heavy atom. The number of ether oxygens (including phenoxy) is 1. The van der Waals surface area contributed by atoms with Crippen molar-refractivity contribution in [2.24, 2.45) is 0 Å². The van der Waals surface area contributed by atoms with E-state index in [-0.39, 0.29) is 25.4 Å². The van der Waals surface area contributed by atoms with Gasteiger partial charge in [0.2, 0.25) is 5.91 Å². The fourth-order valence-electron chi connectivity index (χ4n) is 8.75. The summed E-state index contributed by atoms with van der Waals surface area (Å²) in [5.74, 6) is -0.654. The van der Waals surface area contributed by atoms with E-state index in [0.717, 1.165) is 116 Å². The maximum atomic E-state index is 13.6. The number of unbranched alkanes of at least 4 members (excludes halogenated alkanes) is 20. The first-order valence-corrected chi connectivity index (χ1v) is 34.6. The third-order valence-corrected chi connectivity index (χ3v) is 14.7. The molecule has 0 aromatic heterocycles.